The summed E-state index contributed by atoms with van der Waals surface area (Å²) in [4.78, 5) is 14.0. The summed E-state index contributed by atoms with van der Waals surface area (Å²) in [6, 6.07) is 7.62. The van der Waals surface area contributed by atoms with Crippen molar-refractivity contribution in [2.24, 2.45) is 17.6 Å². The van der Waals surface area contributed by atoms with Crippen molar-refractivity contribution >= 4 is 17.5 Å². The predicted molar refractivity (Wildman–Crippen MR) is 89.2 cm³/mol. The van der Waals surface area contributed by atoms with Gasteiger partial charge in [-0.2, -0.15) is 0 Å². The molecule has 0 saturated carbocycles. The second-order valence-electron chi connectivity index (χ2n) is 6.00. The summed E-state index contributed by atoms with van der Waals surface area (Å²) < 4.78 is 0. The molecule has 0 heterocycles. The highest BCUT2D eigenvalue weighted by Crippen LogP contribution is 2.21. The Kier molecular flexibility index (Phi) is 7.76. The highest BCUT2D eigenvalue weighted by molar-refractivity contribution is 6.30. The molecule has 1 aromatic carbocycles. The van der Waals surface area contributed by atoms with E-state index in [0.29, 0.717) is 36.4 Å². The highest BCUT2D eigenvalue weighted by atomic mass is 35.5. The van der Waals surface area contributed by atoms with Gasteiger partial charge in [0.25, 0.3) is 0 Å². The molecule has 0 bridgehead atoms. The van der Waals surface area contributed by atoms with Gasteiger partial charge in [-0.1, -0.05) is 37.6 Å². The number of hydrogen-bond acceptors (Lipinski definition) is 2. The van der Waals surface area contributed by atoms with Crippen molar-refractivity contribution in [1.82, 2.24) is 4.90 Å². The van der Waals surface area contributed by atoms with E-state index in [2.05, 4.69) is 13.8 Å². The minimum absolute atomic E-state index is 0.188. The molecular formula is C17H27ClN2O. The highest BCUT2D eigenvalue weighted by Gasteiger charge is 2.16. The van der Waals surface area contributed by atoms with Crippen molar-refractivity contribution in [3.63, 3.8) is 0 Å². The fourth-order valence-electron chi connectivity index (χ4n) is 2.48. The van der Waals surface area contributed by atoms with Gasteiger partial charge in [0, 0.05) is 25.0 Å². The van der Waals surface area contributed by atoms with Crippen LogP contribution in [0.3, 0.4) is 0 Å². The summed E-state index contributed by atoms with van der Waals surface area (Å²) in [6.07, 6.45) is 2.50. The molecule has 1 amide bonds. The molecule has 1 unspecified atom stereocenters. The Morgan fingerprint density at radius 2 is 1.86 bits per heavy atom. The van der Waals surface area contributed by atoms with Crippen LogP contribution in [-0.4, -0.2) is 24.4 Å². The summed E-state index contributed by atoms with van der Waals surface area (Å²) in [5.41, 5.74) is 6.74. The van der Waals surface area contributed by atoms with E-state index in [0.717, 1.165) is 18.4 Å². The number of nitrogens with two attached hydrogens (primary N) is 1. The topological polar surface area (TPSA) is 46.3 Å². The Bertz CT molecular complexity index is 431. The molecule has 0 aromatic heterocycles. The lowest BCUT2D eigenvalue weighted by molar-refractivity contribution is -0.130. The van der Waals surface area contributed by atoms with E-state index < -0.39 is 0 Å². The number of benzene rings is 1. The molecule has 0 spiro atoms. The number of rotatable bonds is 8. The number of amides is 1. The third kappa shape index (κ3) is 6.49. The van der Waals surface area contributed by atoms with Gasteiger partial charge in [0.1, 0.15) is 0 Å². The van der Waals surface area contributed by atoms with Gasteiger partial charge < -0.3 is 10.6 Å². The molecule has 3 nitrogen and oxygen atoms in total. The SMILES string of the molecule is CC(C)C(CCN)CCC(=O)N(C)Cc1ccc(Cl)cc1. The Labute approximate surface area is 133 Å². The molecule has 0 aliphatic carbocycles. The lowest BCUT2D eigenvalue weighted by atomic mass is 9.88. The zero-order valence-corrected chi connectivity index (χ0v) is 14.1. The van der Waals surface area contributed by atoms with Crippen LogP contribution >= 0.6 is 11.6 Å². The maximum absolute atomic E-state index is 12.2. The molecule has 0 saturated heterocycles. The first kappa shape index (κ1) is 18.0. The zero-order valence-electron chi connectivity index (χ0n) is 13.3. The van der Waals surface area contributed by atoms with Crippen molar-refractivity contribution in [2.45, 2.75) is 39.7 Å². The Morgan fingerprint density at radius 1 is 1.24 bits per heavy atom. The molecule has 4 heteroatoms. The minimum Gasteiger partial charge on any atom is -0.341 e. The van der Waals surface area contributed by atoms with Crippen LogP contribution in [-0.2, 0) is 11.3 Å². The van der Waals surface area contributed by atoms with E-state index in [1.54, 1.807) is 4.90 Å². The van der Waals surface area contributed by atoms with Crippen LogP contribution in [0.4, 0.5) is 0 Å². The number of hydrogen-bond donors (Lipinski definition) is 1. The lowest BCUT2D eigenvalue weighted by Gasteiger charge is -2.22. The largest absolute Gasteiger partial charge is 0.341 e. The second-order valence-corrected chi connectivity index (χ2v) is 6.43. The third-order valence-corrected chi connectivity index (χ3v) is 4.22. The quantitative estimate of drug-likeness (QED) is 0.796. The Hall–Kier alpha value is -1.06. The maximum atomic E-state index is 12.2. The molecule has 0 aliphatic heterocycles. The molecule has 1 aromatic rings. The van der Waals surface area contributed by atoms with E-state index in [1.807, 2.05) is 31.3 Å². The first-order valence-corrected chi connectivity index (χ1v) is 8.00. The van der Waals surface area contributed by atoms with Gasteiger partial charge >= 0.3 is 0 Å². The summed E-state index contributed by atoms with van der Waals surface area (Å²) in [7, 11) is 1.85. The van der Waals surface area contributed by atoms with Crippen LogP contribution in [0.5, 0.6) is 0 Å². The molecule has 0 aliphatic rings. The van der Waals surface area contributed by atoms with Crippen molar-refractivity contribution in [2.75, 3.05) is 13.6 Å². The lowest BCUT2D eigenvalue weighted by Crippen LogP contribution is -2.27. The van der Waals surface area contributed by atoms with E-state index in [1.165, 1.54) is 0 Å². The number of carbonyl (C=O) groups excluding carboxylic acids is 1. The van der Waals surface area contributed by atoms with Gasteiger partial charge in [-0.05, 0) is 48.9 Å². The van der Waals surface area contributed by atoms with Crippen molar-refractivity contribution < 1.29 is 4.79 Å². The van der Waals surface area contributed by atoms with Gasteiger partial charge in [-0.25, -0.2) is 0 Å². The normalized spacial score (nSPS) is 12.5. The average Bonchev–Trinajstić information content (AvgIpc) is 2.45. The van der Waals surface area contributed by atoms with Crippen molar-refractivity contribution in [3.8, 4) is 0 Å². The second kappa shape index (κ2) is 9.06. The maximum Gasteiger partial charge on any atom is 0.222 e. The molecule has 1 rings (SSSR count). The summed E-state index contributed by atoms with van der Waals surface area (Å²) >= 11 is 5.86. The molecule has 2 N–H and O–H groups in total. The predicted octanol–water partition coefficient (Wildman–Crippen LogP) is 3.70. The Morgan fingerprint density at radius 3 is 2.38 bits per heavy atom. The molecule has 1 atom stereocenters. The fourth-order valence-corrected chi connectivity index (χ4v) is 2.60. The van der Waals surface area contributed by atoms with Crippen molar-refractivity contribution in [1.29, 1.82) is 0 Å². The van der Waals surface area contributed by atoms with Crippen LogP contribution in [0.15, 0.2) is 24.3 Å². The van der Waals surface area contributed by atoms with E-state index >= 15 is 0 Å². The zero-order chi connectivity index (χ0) is 15.8. The Balaban J connectivity index is 2.45. The van der Waals surface area contributed by atoms with Crippen LogP contribution in [0.2, 0.25) is 5.02 Å². The van der Waals surface area contributed by atoms with Gasteiger partial charge in [0.2, 0.25) is 5.91 Å². The minimum atomic E-state index is 0.188. The number of halogens is 1. The van der Waals surface area contributed by atoms with Gasteiger partial charge in [0.05, 0.1) is 0 Å². The number of nitrogens with zero attached hydrogens (tertiary/aromatic N) is 1. The monoisotopic (exact) mass is 310 g/mol. The molecule has 0 radical (unpaired) electrons. The standard InChI is InChI=1S/C17H27ClN2O/c1-13(2)15(10-11-19)6-9-17(21)20(3)12-14-4-7-16(18)8-5-14/h4-5,7-8,13,15H,6,9-12,19H2,1-3H3. The van der Waals surface area contributed by atoms with Gasteiger partial charge in [0.15, 0.2) is 0 Å². The first-order chi connectivity index (χ1) is 9.93. The summed E-state index contributed by atoms with van der Waals surface area (Å²) in [5.74, 6) is 1.29. The molecule has 21 heavy (non-hydrogen) atoms. The average molecular weight is 311 g/mol. The van der Waals surface area contributed by atoms with Crippen LogP contribution in [0.1, 0.15) is 38.7 Å². The first-order valence-electron chi connectivity index (χ1n) is 7.62. The van der Waals surface area contributed by atoms with Crippen LogP contribution in [0, 0.1) is 11.8 Å². The summed E-state index contributed by atoms with van der Waals surface area (Å²) in [6.45, 7) is 5.71. The molecular weight excluding hydrogens is 284 g/mol. The van der Waals surface area contributed by atoms with Crippen LogP contribution in [0.25, 0.3) is 0 Å². The van der Waals surface area contributed by atoms with E-state index in [4.69, 9.17) is 17.3 Å². The van der Waals surface area contributed by atoms with E-state index in [-0.39, 0.29) is 5.91 Å². The number of carbonyl (C=O) groups is 1. The van der Waals surface area contributed by atoms with Gasteiger partial charge in [-0.15, -0.1) is 0 Å². The molecule has 118 valence electrons. The van der Waals surface area contributed by atoms with Crippen LogP contribution < -0.4 is 5.73 Å². The summed E-state index contributed by atoms with van der Waals surface area (Å²) in [5, 5.41) is 0.717. The van der Waals surface area contributed by atoms with Crippen molar-refractivity contribution in [3.05, 3.63) is 34.9 Å². The smallest absolute Gasteiger partial charge is 0.222 e. The third-order valence-electron chi connectivity index (χ3n) is 3.97. The fraction of sp³-hybridized carbons (Fsp3) is 0.588. The molecule has 0 fully saturated rings. The van der Waals surface area contributed by atoms with E-state index in [9.17, 15) is 4.79 Å². The van der Waals surface area contributed by atoms with Gasteiger partial charge in [-0.3, -0.25) is 4.79 Å².